The molecule has 1 aromatic rings. The molecule has 1 aromatic carbocycles. The lowest BCUT2D eigenvalue weighted by Crippen LogP contribution is -2.42. The van der Waals surface area contributed by atoms with Gasteiger partial charge in [-0.15, -0.1) is 0 Å². The van der Waals surface area contributed by atoms with Gasteiger partial charge in [0, 0.05) is 19.0 Å². The summed E-state index contributed by atoms with van der Waals surface area (Å²) in [6.45, 7) is 7.29. The molecule has 0 aliphatic carbocycles. The molecule has 0 spiro atoms. The van der Waals surface area contributed by atoms with Crippen molar-refractivity contribution in [1.82, 2.24) is 5.32 Å². The maximum Gasteiger partial charge on any atom is 0.123 e. The number of aliphatic hydroxyl groups is 1. The van der Waals surface area contributed by atoms with E-state index in [1.807, 2.05) is 0 Å². The van der Waals surface area contributed by atoms with E-state index in [1.165, 1.54) is 11.1 Å². The number of rotatable bonds is 5. The summed E-state index contributed by atoms with van der Waals surface area (Å²) < 4.78 is 5.89. The summed E-state index contributed by atoms with van der Waals surface area (Å²) in [5, 5.41) is 12.7. The minimum atomic E-state index is 0.152. The Bertz CT molecular complexity index is 403. The highest BCUT2D eigenvalue weighted by Crippen LogP contribution is 2.29. The van der Waals surface area contributed by atoms with Crippen molar-refractivity contribution >= 4 is 0 Å². The lowest BCUT2D eigenvalue weighted by atomic mass is 10.0. The van der Waals surface area contributed by atoms with E-state index in [1.54, 1.807) is 0 Å². The maximum absolute atomic E-state index is 9.28. The third kappa shape index (κ3) is 3.03. The molecule has 2 N–H and O–H groups in total. The average Bonchev–Trinajstić information content (AvgIpc) is 2.71. The molecule has 1 aliphatic rings. The van der Waals surface area contributed by atoms with E-state index < -0.39 is 0 Å². The Morgan fingerprint density at radius 1 is 1.44 bits per heavy atom. The standard InChI is InChI=1S/C15H23NO2/c1-10(2)14(9-17)16-8-13-7-12-6-11(3)4-5-15(12)18-13/h4-6,10,13-14,16-17H,7-9H2,1-3H3. The lowest BCUT2D eigenvalue weighted by Gasteiger charge is -2.22. The van der Waals surface area contributed by atoms with Gasteiger partial charge in [0.1, 0.15) is 11.9 Å². The minimum absolute atomic E-state index is 0.152. The SMILES string of the molecule is Cc1ccc2c(c1)CC(CNC(CO)C(C)C)O2. The third-order valence-electron chi connectivity index (χ3n) is 3.57. The zero-order chi connectivity index (χ0) is 13.1. The first-order valence-corrected chi connectivity index (χ1v) is 6.70. The quantitative estimate of drug-likeness (QED) is 0.837. The summed E-state index contributed by atoms with van der Waals surface area (Å²) >= 11 is 0. The van der Waals surface area contributed by atoms with Crippen molar-refractivity contribution in [2.45, 2.75) is 39.3 Å². The molecule has 2 rings (SSSR count). The van der Waals surface area contributed by atoms with Crippen LogP contribution in [-0.4, -0.2) is 30.4 Å². The van der Waals surface area contributed by atoms with E-state index in [0.29, 0.717) is 5.92 Å². The van der Waals surface area contributed by atoms with Crippen molar-refractivity contribution in [3.8, 4) is 5.75 Å². The normalized spacial score (nSPS) is 19.7. The molecule has 0 amide bonds. The molecular weight excluding hydrogens is 226 g/mol. The Labute approximate surface area is 109 Å². The van der Waals surface area contributed by atoms with Crippen molar-refractivity contribution < 1.29 is 9.84 Å². The first-order valence-electron chi connectivity index (χ1n) is 6.70. The van der Waals surface area contributed by atoms with Crippen LogP contribution in [-0.2, 0) is 6.42 Å². The predicted molar refractivity (Wildman–Crippen MR) is 73.0 cm³/mol. The van der Waals surface area contributed by atoms with Crippen molar-refractivity contribution in [2.75, 3.05) is 13.2 Å². The number of benzene rings is 1. The molecule has 0 bridgehead atoms. The lowest BCUT2D eigenvalue weighted by molar-refractivity contribution is 0.178. The molecule has 0 radical (unpaired) electrons. The van der Waals surface area contributed by atoms with Gasteiger partial charge in [-0.2, -0.15) is 0 Å². The van der Waals surface area contributed by atoms with Crippen LogP contribution in [0.15, 0.2) is 18.2 Å². The van der Waals surface area contributed by atoms with E-state index >= 15 is 0 Å². The van der Waals surface area contributed by atoms with Crippen LogP contribution in [0.3, 0.4) is 0 Å². The fraction of sp³-hybridized carbons (Fsp3) is 0.600. The van der Waals surface area contributed by atoms with E-state index in [2.05, 4.69) is 44.3 Å². The summed E-state index contributed by atoms with van der Waals surface area (Å²) in [6, 6.07) is 6.48. The van der Waals surface area contributed by atoms with Gasteiger partial charge in [-0.05, 0) is 24.5 Å². The van der Waals surface area contributed by atoms with Gasteiger partial charge < -0.3 is 15.2 Å². The molecule has 0 saturated carbocycles. The Kier molecular flexibility index (Phi) is 4.25. The third-order valence-corrected chi connectivity index (χ3v) is 3.57. The van der Waals surface area contributed by atoms with E-state index in [-0.39, 0.29) is 18.8 Å². The number of aryl methyl sites for hydroxylation is 1. The number of nitrogens with one attached hydrogen (secondary N) is 1. The summed E-state index contributed by atoms with van der Waals surface area (Å²) in [7, 11) is 0. The Morgan fingerprint density at radius 3 is 2.89 bits per heavy atom. The Morgan fingerprint density at radius 2 is 2.22 bits per heavy atom. The second-order valence-electron chi connectivity index (χ2n) is 5.50. The van der Waals surface area contributed by atoms with Crippen molar-refractivity contribution in [3.05, 3.63) is 29.3 Å². The summed E-state index contributed by atoms with van der Waals surface area (Å²) in [4.78, 5) is 0. The van der Waals surface area contributed by atoms with Gasteiger partial charge in [0.15, 0.2) is 0 Å². The second-order valence-corrected chi connectivity index (χ2v) is 5.50. The molecule has 0 aromatic heterocycles. The molecule has 0 saturated heterocycles. The topological polar surface area (TPSA) is 41.5 Å². The zero-order valence-corrected chi connectivity index (χ0v) is 11.4. The molecule has 100 valence electrons. The number of hydrogen-bond donors (Lipinski definition) is 2. The van der Waals surface area contributed by atoms with Crippen LogP contribution in [0.2, 0.25) is 0 Å². The highest BCUT2D eigenvalue weighted by Gasteiger charge is 2.23. The fourth-order valence-corrected chi connectivity index (χ4v) is 2.36. The first-order chi connectivity index (χ1) is 8.60. The van der Waals surface area contributed by atoms with Crippen LogP contribution in [0.5, 0.6) is 5.75 Å². The van der Waals surface area contributed by atoms with Gasteiger partial charge in [0.05, 0.1) is 6.61 Å². The number of aliphatic hydroxyl groups excluding tert-OH is 1. The minimum Gasteiger partial charge on any atom is -0.488 e. The van der Waals surface area contributed by atoms with Gasteiger partial charge >= 0.3 is 0 Å². The molecule has 1 aliphatic heterocycles. The zero-order valence-electron chi connectivity index (χ0n) is 11.4. The van der Waals surface area contributed by atoms with Crippen LogP contribution >= 0.6 is 0 Å². The molecule has 1 heterocycles. The molecule has 3 heteroatoms. The molecule has 2 unspecified atom stereocenters. The maximum atomic E-state index is 9.28. The summed E-state index contributed by atoms with van der Waals surface area (Å²) in [5.41, 5.74) is 2.58. The Hall–Kier alpha value is -1.06. The van der Waals surface area contributed by atoms with E-state index in [0.717, 1.165) is 18.7 Å². The smallest absolute Gasteiger partial charge is 0.123 e. The predicted octanol–water partition coefficient (Wildman–Crippen LogP) is 1.91. The molecular formula is C15H23NO2. The number of ether oxygens (including phenoxy) is 1. The molecule has 18 heavy (non-hydrogen) atoms. The van der Waals surface area contributed by atoms with E-state index in [4.69, 9.17) is 4.74 Å². The largest absolute Gasteiger partial charge is 0.488 e. The highest BCUT2D eigenvalue weighted by molar-refractivity contribution is 5.40. The number of hydrogen-bond acceptors (Lipinski definition) is 3. The number of fused-ring (bicyclic) bond motifs is 1. The van der Waals surface area contributed by atoms with Crippen molar-refractivity contribution in [1.29, 1.82) is 0 Å². The second kappa shape index (κ2) is 5.72. The monoisotopic (exact) mass is 249 g/mol. The van der Waals surface area contributed by atoms with Gasteiger partial charge in [0.25, 0.3) is 0 Å². The van der Waals surface area contributed by atoms with Gasteiger partial charge in [0.2, 0.25) is 0 Å². The van der Waals surface area contributed by atoms with Gasteiger partial charge in [-0.25, -0.2) is 0 Å². The van der Waals surface area contributed by atoms with Crippen molar-refractivity contribution in [3.63, 3.8) is 0 Å². The van der Waals surface area contributed by atoms with Crippen LogP contribution < -0.4 is 10.1 Å². The van der Waals surface area contributed by atoms with Crippen LogP contribution in [0.1, 0.15) is 25.0 Å². The van der Waals surface area contributed by atoms with Crippen LogP contribution in [0.25, 0.3) is 0 Å². The molecule has 3 nitrogen and oxygen atoms in total. The van der Waals surface area contributed by atoms with Crippen molar-refractivity contribution in [2.24, 2.45) is 5.92 Å². The van der Waals surface area contributed by atoms with Crippen LogP contribution in [0.4, 0.5) is 0 Å². The molecule has 0 fully saturated rings. The highest BCUT2D eigenvalue weighted by atomic mass is 16.5. The summed E-state index contributed by atoms with van der Waals surface area (Å²) in [6.07, 6.45) is 1.15. The van der Waals surface area contributed by atoms with Crippen LogP contribution in [0, 0.1) is 12.8 Å². The molecule has 2 atom stereocenters. The van der Waals surface area contributed by atoms with Gasteiger partial charge in [-0.3, -0.25) is 0 Å². The van der Waals surface area contributed by atoms with E-state index in [9.17, 15) is 5.11 Å². The average molecular weight is 249 g/mol. The van der Waals surface area contributed by atoms with Gasteiger partial charge in [-0.1, -0.05) is 31.5 Å². The summed E-state index contributed by atoms with van der Waals surface area (Å²) in [5.74, 6) is 1.44. The Balaban J connectivity index is 1.88. The fourth-order valence-electron chi connectivity index (χ4n) is 2.36. The first kappa shape index (κ1) is 13.4.